The Labute approximate surface area is 108 Å². The first-order chi connectivity index (χ1) is 8.72. The van der Waals surface area contributed by atoms with Gasteiger partial charge in [-0.3, -0.25) is 0 Å². The van der Waals surface area contributed by atoms with Gasteiger partial charge in [0.2, 0.25) is 0 Å². The largest absolute Gasteiger partial charge is 0.482 e. The van der Waals surface area contributed by atoms with E-state index >= 15 is 0 Å². The third kappa shape index (κ3) is 1.35. The van der Waals surface area contributed by atoms with Crippen molar-refractivity contribution in [3.63, 3.8) is 0 Å². The van der Waals surface area contributed by atoms with Crippen molar-refractivity contribution in [1.29, 1.82) is 0 Å². The molecule has 0 unspecified atom stereocenters. The van der Waals surface area contributed by atoms with Crippen LogP contribution in [0.3, 0.4) is 0 Å². The van der Waals surface area contributed by atoms with Crippen molar-refractivity contribution in [3.05, 3.63) is 42.1 Å². The number of aromatic nitrogens is 1. The average Bonchev–Trinajstić information content (AvgIpc) is 2.81. The lowest BCUT2D eigenvalue weighted by Gasteiger charge is -2.38. The predicted octanol–water partition coefficient (Wildman–Crippen LogP) is 4.10. The molecule has 1 aromatic heterocycles. The number of ether oxygens (including phenoxy) is 1. The molecule has 1 aliphatic heterocycles. The van der Waals surface area contributed by atoms with Gasteiger partial charge in [-0.2, -0.15) is 0 Å². The Morgan fingerprint density at radius 3 is 2.56 bits per heavy atom. The lowest BCUT2D eigenvalue weighted by atomic mass is 9.84. The molecule has 0 aliphatic carbocycles. The monoisotopic (exact) mass is 241 g/mol. The molecule has 18 heavy (non-hydrogen) atoms. The quantitative estimate of drug-likeness (QED) is 0.772. The van der Waals surface area contributed by atoms with Crippen LogP contribution < -0.4 is 4.74 Å². The summed E-state index contributed by atoms with van der Waals surface area (Å²) in [7, 11) is 2.11. The number of para-hydroxylation sites is 1. The van der Waals surface area contributed by atoms with Crippen LogP contribution in [-0.2, 0) is 12.6 Å². The Balaban J connectivity index is 2.31. The summed E-state index contributed by atoms with van der Waals surface area (Å²) in [5, 5.41) is 0. The summed E-state index contributed by atoms with van der Waals surface area (Å²) in [5.74, 6) is 1.01. The maximum atomic E-state index is 6.34. The van der Waals surface area contributed by atoms with Crippen molar-refractivity contribution >= 4 is 0 Å². The number of aryl methyl sites for hydroxylation is 1. The second-order valence-corrected chi connectivity index (χ2v) is 4.99. The van der Waals surface area contributed by atoms with Crippen molar-refractivity contribution in [2.75, 3.05) is 0 Å². The van der Waals surface area contributed by atoms with Gasteiger partial charge in [0.05, 0.1) is 5.69 Å². The van der Waals surface area contributed by atoms with Crippen molar-refractivity contribution in [3.8, 4) is 17.0 Å². The second-order valence-electron chi connectivity index (χ2n) is 4.99. The summed E-state index contributed by atoms with van der Waals surface area (Å²) < 4.78 is 8.55. The number of fused-ring (bicyclic) bond motifs is 3. The molecule has 0 spiro atoms. The fraction of sp³-hybridized carbons (Fsp3) is 0.375. The number of nitrogens with zero attached hydrogens (tertiary/aromatic N) is 1. The number of hydrogen-bond donors (Lipinski definition) is 0. The summed E-state index contributed by atoms with van der Waals surface area (Å²) in [6, 6.07) is 10.5. The van der Waals surface area contributed by atoms with Crippen molar-refractivity contribution < 1.29 is 4.74 Å². The van der Waals surface area contributed by atoms with E-state index in [9.17, 15) is 0 Å². The van der Waals surface area contributed by atoms with Crippen LogP contribution in [0, 0.1) is 0 Å². The summed E-state index contributed by atoms with van der Waals surface area (Å²) >= 11 is 0. The van der Waals surface area contributed by atoms with E-state index < -0.39 is 0 Å². The molecule has 2 nitrogen and oxygen atoms in total. The minimum Gasteiger partial charge on any atom is -0.482 e. The van der Waals surface area contributed by atoms with Crippen LogP contribution in [0.2, 0.25) is 0 Å². The zero-order valence-electron chi connectivity index (χ0n) is 11.2. The molecule has 1 aliphatic rings. The van der Waals surface area contributed by atoms with Crippen LogP contribution in [0.25, 0.3) is 11.3 Å². The van der Waals surface area contributed by atoms with Crippen molar-refractivity contribution in [1.82, 2.24) is 4.57 Å². The molecular weight excluding hydrogens is 222 g/mol. The lowest BCUT2D eigenvalue weighted by Crippen LogP contribution is -2.34. The van der Waals surface area contributed by atoms with Gasteiger partial charge in [-0.25, -0.2) is 0 Å². The van der Waals surface area contributed by atoms with E-state index in [1.54, 1.807) is 0 Å². The minimum absolute atomic E-state index is 0.162. The first-order valence-electron chi connectivity index (χ1n) is 6.66. The molecule has 0 amide bonds. The van der Waals surface area contributed by atoms with E-state index in [0.717, 1.165) is 18.6 Å². The molecule has 0 N–H and O–H groups in total. The third-order valence-electron chi connectivity index (χ3n) is 4.15. The van der Waals surface area contributed by atoms with E-state index in [0.29, 0.717) is 0 Å². The molecule has 0 bridgehead atoms. The molecular formula is C16H19NO. The molecule has 0 radical (unpaired) electrons. The SMILES string of the molecule is CCC1(CC)Oc2ccccc2-c2c1ccn2C. The molecule has 0 saturated heterocycles. The van der Waals surface area contributed by atoms with Crippen LogP contribution in [0.1, 0.15) is 32.3 Å². The third-order valence-corrected chi connectivity index (χ3v) is 4.15. The minimum atomic E-state index is -0.162. The summed E-state index contributed by atoms with van der Waals surface area (Å²) in [6.45, 7) is 4.41. The van der Waals surface area contributed by atoms with Gasteiger partial charge in [0, 0.05) is 24.4 Å². The zero-order valence-corrected chi connectivity index (χ0v) is 11.2. The summed E-state index contributed by atoms with van der Waals surface area (Å²) in [6.07, 6.45) is 4.12. The van der Waals surface area contributed by atoms with E-state index in [1.807, 2.05) is 6.07 Å². The van der Waals surface area contributed by atoms with Gasteiger partial charge in [0.25, 0.3) is 0 Å². The van der Waals surface area contributed by atoms with Gasteiger partial charge in [-0.1, -0.05) is 26.0 Å². The molecule has 0 atom stereocenters. The first-order valence-corrected chi connectivity index (χ1v) is 6.66. The van der Waals surface area contributed by atoms with Crippen LogP contribution in [-0.4, -0.2) is 4.57 Å². The summed E-state index contributed by atoms with van der Waals surface area (Å²) in [4.78, 5) is 0. The smallest absolute Gasteiger partial charge is 0.136 e. The topological polar surface area (TPSA) is 14.2 Å². The fourth-order valence-electron chi connectivity index (χ4n) is 3.02. The molecule has 0 saturated carbocycles. The molecule has 2 heterocycles. The first kappa shape index (κ1) is 11.4. The molecule has 2 aromatic rings. The normalized spacial score (nSPS) is 15.7. The van der Waals surface area contributed by atoms with Crippen molar-refractivity contribution in [2.24, 2.45) is 7.05 Å². The van der Waals surface area contributed by atoms with Crippen LogP contribution >= 0.6 is 0 Å². The van der Waals surface area contributed by atoms with Crippen LogP contribution in [0.15, 0.2) is 36.5 Å². The maximum absolute atomic E-state index is 6.34. The molecule has 0 fully saturated rings. The Kier molecular flexibility index (Phi) is 2.47. The van der Waals surface area contributed by atoms with Gasteiger partial charge in [-0.15, -0.1) is 0 Å². The highest BCUT2D eigenvalue weighted by atomic mass is 16.5. The highest BCUT2D eigenvalue weighted by molar-refractivity contribution is 5.74. The van der Waals surface area contributed by atoms with E-state index in [1.165, 1.54) is 16.8 Å². The molecule has 94 valence electrons. The highest BCUT2D eigenvalue weighted by Gasteiger charge is 2.39. The van der Waals surface area contributed by atoms with Crippen LogP contribution in [0.4, 0.5) is 0 Å². The maximum Gasteiger partial charge on any atom is 0.136 e. The van der Waals surface area contributed by atoms with Gasteiger partial charge < -0.3 is 9.30 Å². The number of hydrogen-bond acceptors (Lipinski definition) is 1. The van der Waals surface area contributed by atoms with E-state index in [2.05, 4.69) is 55.9 Å². The Morgan fingerprint density at radius 2 is 1.83 bits per heavy atom. The number of rotatable bonds is 2. The molecule has 2 heteroatoms. The standard InChI is InChI=1S/C16H19NO/c1-4-16(5-2)13-10-11-17(3)15(13)12-8-6-7-9-14(12)18-16/h6-11H,4-5H2,1-3H3. The summed E-state index contributed by atoms with van der Waals surface area (Å²) in [5.41, 5.74) is 3.68. The molecule has 3 rings (SSSR count). The fourth-order valence-corrected chi connectivity index (χ4v) is 3.02. The number of benzene rings is 1. The van der Waals surface area contributed by atoms with Gasteiger partial charge in [-0.05, 0) is 31.0 Å². The van der Waals surface area contributed by atoms with E-state index in [-0.39, 0.29) is 5.60 Å². The van der Waals surface area contributed by atoms with Gasteiger partial charge in [0.1, 0.15) is 11.4 Å². The molecule has 1 aromatic carbocycles. The Bertz CT molecular complexity index is 579. The van der Waals surface area contributed by atoms with Gasteiger partial charge in [0.15, 0.2) is 0 Å². The van der Waals surface area contributed by atoms with Crippen LogP contribution in [0.5, 0.6) is 5.75 Å². The second kappa shape index (κ2) is 3.91. The zero-order chi connectivity index (χ0) is 12.8. The highest BCUT2D eigenvalue weighted by Crippen LogP contribution is 2.48. The van der Waals surface area contributed by atoms with Gasteiger partial charge >= 0.3 is 0 Å². The predicted molar refractivity (Wildman–Crippen MR) is 73.7 cm³/mol. The van der Waals surface area contributed by atoms with Crippen molar-refractivity contribution in [2.45, 2.75) is 32.3 Å². The average molecular weight is 241 g/mol. The Morgan fingerprint density at radius 1 is 1.11 bits per heavy atom. The Hall–Kier alpha value is -1.70. The van der Waals surface area contributed by atoms with E-state index in [4.69, 9.17) is 4.74 Å². The lowest BCUT2D eigenvalue weighted by molar-refractivity contribution is 0.0545.